The maximum Gasteiger partial charge on any atom is 0.341 e. The normalized spacial score (nSPS) is 14.6. The lowest BCUT2D eigenvalue weighted by Gasteiger charge is -2.27. The van der Waals surface area contributed by atoms with E-state index in [0.717, 1.165) is 18.4 Å². The van der Waals surface area contributed by atoms with Crippen molar-refractivity contribution in [1.29, 1.82) is 0 Å². The molecule has 1 aliphatic heterocycles. The summed E-state index contributed by atoms with van der Waals surface area (Å²) in [7, 11) is 0. The Bertz CT molecular complexity index is 2130. The van der Waals surface area contributed by atoms with Crippen LogP contribution in [0, 0.1) is 23.5 Å². The van der Waals surface area contributed by atoms with Gasteiger partial charge in [0.1, 0.15) is 39.7 Å². The standard InChI is InChI=1S/C42H40ClF2N3O6/c1-25(2)22-52-32-18-28(16-30(44)20-32)36-13-11-34(39(43)46-36)42(51)54-24-26(3)23-53-33-19-29(17-31(45)21-33)37-14-12-35(41(49)50)40(47-37)48-15-7-10-38(48)27-8-5-4-6-9-27/h4-6,8-9,11-14,16-21,25-26,38H,7,10,15,22-24H2,1-3H3,(H,49,50). The fourth-order valence-corrected chi connectivity index (χ4v) is 6.45. The Hall–Kier alpha value is -5.55. The Balaban J connectivity index is 1.10. The summed E-state index contributed by atoms with van der Waals surface area (Å²) in [5.41, 5.74) is 2.80. The molecule has 0 radical (unpaired) electrons. The molecule has 9 nitrogen and oxygen atoms in total. The first kappa shape index (κ1) is 38.2. The van der Waals surface area contributed by atoms with E-state index in [9.17, 15) is 23.5 Å². The number of anilines is 1. The molecule has 1 N–H and O–H groups in total. The van der Waals surface area contributed by atoms with Gasteiger partial charge >= 0.3 is 11.9 Å². The van der Waals surface area contributed by atoms with E-state index < -0.39 is 23.6 Å². The third kappa shape index (κ3) is 9.32. The molecule has 5 aromatic rings. The summed E-state index contributed by atoms with van der Waals surface area (Å²) in [4.78, 5) is 36.2. The van der Waals surface area contributed by atoms with E-state index >= 15 is 0 Å². The minimum Gasteiger partial charge on any atom is -0.493 e. The SMILES string of the molecule is CC(C)COc1cc(F)cc(-c2ccc(C(=O)OCC(C)COc3cc(F)cc(-c4ccc(C(=O)O)c(N5CCCC5c5ccccc5)n4)c3)c(Cl)n2)c1. The monoisotopic (exact) mass is 755 g/mol. The van der Waals surface area contributed by atoms with Gasteiger partial charge in [-0.3, -0.25) is 0 Å². The summed E-state index contributed by atoms with van der Waals surface area (Å²) in [6.45, 7) is 6.90. The zero-order chi connectivity index (χ0) is 38.4. The molecular formula is C42H40ClF2N3O6. The highest BCUT2D eigenvalue weighted by Crippen LogP contribution is 2.38. The van der Waals surface area contributed by atoms with Gasteiger partial charge in [-0.15, -0.1) is 0 Å². The molecule has 1 aliphatic rings. The van der Waals surface area contributed by atoms with E-state index in [1.165, 1.54) is 36.4 Å². The first-order valence-electron chi connectivity index (χ1n) is 17.7. The third-order valence-corrected chi connectivity index (χ3v) is 9.12. The van der Waals surface area contributed by atoms with E-state index in [0.29, 0.717) is 47.2 Å². The van der Waals surface area contributed by atoms with Crippen molar-refractivity contribution in [3.8, 4) is 34.0 Å². The number of rotatable bonds is 14. The minimum atomic E-state index is -1.10. The number of benzene rings is 3. The second-order valence-corrected chi connectivity index (χ2v) is 14.1. The van der Waals surface area contributed by atoms with Crippen LogP contribution < -0.4 is 14.4 Å². The first-order valence-corrected chi connectivity index (χ1v) is 18.1. The molecule has 1 saturated heterocycles. The van der Waals surface area contributed by atoms with Crippen LogP contribution in [0.15, 0.2) is 91.0 Å². The molecule has 12 heteroatoms. The summed E-state index contributed by atoms with van der Waals surface area (Å²) >= 11 is 6.36. The molecule has 0 bridgehead atoms. The van der Waals surface area contributed by atoms with Crippen LogP contribution in [0.4, 0.5) is 14.6 Å². The number of hydrogen-bond acceptors (Lipinski definition) is 8. The topological polar surface area (TPSA) is 111 Å². The summed E-state index contributed by atoms with van der Waals surface area (Å²) in [5.74, 6) is -1.96. The Morgan fingerprint density at radius 1 is 0.815 bits per heavy atom. The Morgan fingerprint density at radius 3 is 2.04 bits per heavy atom. The maximum absolute atomic E-state index is 14.9. The fourth-order valence-electron chi connectivity index (χ4n) is 6.22. The number of aromatic nitrogens is 2. The van der Waals surface area contributed by atoms with E-state index in [4.69, 9.17) is 30.8 Å². The first-order chi connectivity index (χ1) is 25.9. The van der Waals surface area contributed by atoms with Gasteiger partial charge in [0, 0.05) is 35.7 Å². The molecule has 6 rings (SSSR count). The van der Waals surface area contributed by atoms with Crippen LogP contribution in [0.2, 0.25) is 5.15 Å². The predicted octanol–water partition coefficient (Wildman–Crippen LogP) is 9.69. The summed E-state index contributed by atoms with van der Waals surface area (Å²) in [5, 5.41) is 9.91. The van der Waals surface area contributed by atoms with Crippen LogP contribution in [0.25, 0.3) is 22.5 Å². The number of carbonyl (C=O) groups is 2. The van der Waals surface area contributed by atoms with Crippen molar-refractivity contribution in [2.75, 3.05) is 31.3 Å². The van der Waals surface area contributed by atoms with Crippen LogP contribution in [-0.2, 0) is 4.74 Å². The number of halogens is 3. The van der Waals surface area contributed by atoms with E-state index in [-0.39, 0.29) is 53.1 Å². The molecule has 0 amide bonds. The fraction of sp³-hybridized carbons (Fsp3) is 0.286. The van der Waals surface area contributed by atoms with Crippen LogP contribution >= 0.6 is 11.6 Å². The molecule has 2 unspecified atom stereocenters. The second kappa shape index (κ2) is 17.1. The summed E-state index contributed by atoms with van der Waals surface area (Å²) in [6.07, 6.45) is 1.72. The molecule has 54 heavy (non-hydrogen) atoms. The molecule has 280 valence electrons. The van der Waals surface area contributed by atoms with E-state index in [1.54, 1.807) is 31.2 Å². The average molecular weight is 756 g/mol. The van der Waals surface area contributed by atoms with Gasteiger partial charge in [-0.25, -0.2) is 28.3 Å². The van der Waals surface area contributed by atoms with Crippen molar-refractivity contribution >= 4 is 29.4 Å². The Kier molecular flexibility index (Phi) is 12.1. The smallest absolute Gasteiger partial charge is 0.341 e. The second-order valence-electron chi connectivity index (χ2n) is 13.7. The number of carboxylic acid groups (broad SMARTS) is 1. The number of hydrogen-bond donors (Lipinski definition) is 1. The lowest BCUT2D eigenvalue weighted by molar-refractivity contribution is 0.0414. The zero-order valence-electron chi connectivity index (χ0n) is 30.1. The van der Waals surface area contributed by atoms with Crippen molar-refractivity contribution < 1.29 is 37.7 Å². The molecular weight excluding hydrogens is 716 g/mol. The van der Waals surface area contributed by atoms with Gasteiger partial charge in [-0.1, -0.05) is 62.7 Å². The number of carboxylic acids is 1. The van der Waals surface area contributed by atoms with Crippen LogP contribution in [-0.4, -0.2) is 53.4 Å². The Labute approximate surface area is 317 Å². The van der Waals surface area contributed by atoms with Crippen LogP contribution in [0.1, 0.15) is 65.9 Å². The van der Waals surface area contributed by atoms with Crippen molar-refractivity contribution in [3.05, 3.63) is 124 Å². The number of aromatic carboxylic acids is 1. The molecule has 0 saturated carbocycles. The number of carbonyl (C=O) groups excluding carboxylic acids is 1. The highest BCUT2D eigenvalue weighted by Gasteiger charge is 2.30. The van der Waals surface area contributed by atoms with Crippen LogP contribution in [0.5, 0.6) is 11.5 Å². The lowest BCUT2D eigenvalue weighted by atomic mass is 10.0. The lowest BCUT2D eigenvalue weighted by Crippen LogP contribution is -2.26. The molecule has 3 heterocycles. The Morgan fingerprint density at radius 2 is 1.43 bits per heavy atom. The average Bonchev–Trinajstić information content (AvgIpc) is 3.65. The molecule has 3 aromatic carbocycles. The van der Waals surface area contributed by atoms with Crippen molar-refractivity contribution in [2.24, 2.45) is 11.8 Å². The maximum atomic E-state index is 14.9. The van der Waals surface area contributed by atoms with Gasteiger partial charge in [-0.05, 0) is 72.9 Å². The largest absolute Gasteiger partial charge is 0.493 e. The predicted molar refractivity (Wildman–Crippen MR) is 202 cm³/mol. The molecule has 2 aromatic heterocycles. The van der Waals surface area contributed by atoms with Crippen molar-refractivity contribution in [2.45, 2.75) is 39.7 Å². The number of esters is 1. The van der Waals surface area contributed by atoms with Gasteiger partial charge in [0.15, 0.2) is 0 Å². The molecule has 0 spiro atoms. The van der Waals surface area contributed by atoms with Crippen molar-refractivity contribution in [1.82, 2.24) is 9.97 Å². The van der Waals surface area contributed by atoms with E-state index in [2.05, 4.69) is 4.98 Å². The summed E-state index contributed by atoms with van der Waals surface area (Å²) in [6, 6.07) is 24.4. The minimum absolute atomic E-state index is 0.0283. The van der Waals surface area contributed by atoms with Gasteiger partial charge in [0.25, 0.3) is 0 Å². The summed E-state index contributed by atoms with van der Waals surface area (Å²) < 4.78 is 46.3. The highest BCUT2D eigenvalue weighted by atomic mass is 35.5. The third-order valence-electron chi connectivity index (χ3n) is 8.83. The molecule has 2 atom stereocenters. The zero-order valence-corrected chi connectivity index (χ0v) is 30.9. The van der Waals surface area contributed by atoms with E-state index in [1.807, 2.05) is 49.1 Å². The number of pyridine rings is 2. The molecule has 0 aliphatic carbocycles. The quantitative estimate of drug-likeness (QED) is 0.0875. The number of ether oxygens (including phenoxy) is 3. The van der Waals surface area contributed by atoms with Crippen LogP contribution in [0.3, 0.4) is 0 Å². The highest BCUT2D eigenvalue weighted by molar-refractivity contribution is 6.32. The van der Waals surface area contributed by atoms with Gasteiger partial charge in [0.2, 0.25) is 0 Å². The molecule has 1 fully saturated rings. The number of nitrogens with zero attached hydrogens (tertiary/aromatic N) is 3. The van der Waals surface area contributed by atoms with Gasteiger partial charge in [-0.2, -0.15) is 0 Å². The van der Waals surface area contributed by atoms with Gasteiger partial charge in [0.05, 0.1) is 42.8 Å². The van der Waals surface area contributed by atoms with Crippen molar-refractivity contribution in [3.63, 3.8) is 0 Å². The van der Waals surface area contributed by atoms with Gasteiger partial charge < -0.3 is 24.2 Å².